The first-order valence-corrected chi connectivity index (χ1v) is 5.38. The molecule has 0 unspecified atom stereocenters. The highest BCUT2D eigenvalue weighted by atomic mass is 127. The largest absolute Gasteiger partial charge is 0.370 e. The number of guanidine groups is 1. The SMILES string of the molecule is I.NC(N)=NCCCc1ccc(Br)cc1F. The average molecular weight is 402 g/mol. The minimum Gasteiger partial charge on any atom is -0.370 e. The molecule has 1 aromatic rings. The van der Waals surface area contributed by atoms with E-state index in [9.17, 15) is 4.39 Å². The zero-order valence-corrected chi connectivity index (χ0v) is 12.5. The fraction of sp³-hybridized carbons (Fsp3) is 0.300. The van der Waals surface area contributed by atoms with Crippen molar-refractivity contribution in [2.75, 3.05) is 6.54 Å². The highest BCUT2D eigenvalue weighted by Gasteiger charge is 2.01. The van der Waals surface area contributed by atoms with Crippen LogP contribution in [0.5, 0.6) is 0 Å². The quantitative estimate of drug-likeness (QED) is 0.352. The smallest absolute Gasteiger partial charge is 0.185 e. The van der Waals surface area contributed by atoms with Crippen molar-refractivity contribution in [2.24, 2.45) is 16.5 Å². The van der Waals surface area contributed by atoms with Gasteiger partial charge < -0.3 is 11.5 Å². The predicted octanol–water partition coefficient (Wildman–Crippen LogP) is 2.41. The normalized spacial score (nSPS) is 9.38. The second-order valence-corrected chi connectivity index (χ2v) is 4.06. The van der Waals surface area contributed by atoms with Gasteiger partial charge in [0.15, 0.2) is 5.96 Å². The Morgan fingerprint density at radius 2 is 2.06 bits per heavy atom. The molecule has 0 saturated carbocycles. The molecule has 0 heterocycles. The molecule has 90 valence electrons. The van der Waals surface area contributed by atoms with Gasteiger partial charge in [-0.1, -0.05) is 22.0 Å². The number of halogens is 3. The summed E-state index contributed by atoms with van der Waals surface area (Å²) in [6.45, 7) is 0.526. The number of hydrogen-bond donors (Lipinski definition) is 2. The second-order valence-electron chi connectivity index (χ2n) is 3.15. The molecule has 1 rings (SSSR count). The van der Waals surface area contributed by atoms with Crippen molar-refractivity contribution in [3.05, 3.63) is 34.1 Å². The molecule has 1 aromatic carbocycles. The van der Waals surface area contributed by atoms with Gasteiger partial charge in [0, 0.05) is 11.0 Å². The van der Waals surface area contributed by atoms with Gasteiger partial charge in [0.1, 0.15) is 5.82 Å². The maximum Gasteiger partial charge on any atom is 0.185 e. The molecule has 16 heavy (non-hydrogen) atoms. The van der Waals surface area contributed by atoms with Crippen LogP contribution in [0.4, 0.5) is 4.39 Å². The molecule has 0 fully saturated rings. The molecule has 4 N–H and O–H groups in total. The lowest BCUT2D eigenvalue weighted by Crippen LogP contribution is -2.23. The third kappa shape index (κ3) is 5.64. The van der Waals surface area contributed by atoms with Gasteiger partial charge in [0.2, 0.25) is 0 Å². The summed E-state index contributed by atoms with van der Waals surface area (Å²) >= 11 is 3.20. The Kier molecular flexibility index (Phi) is 7.65. The highest BCUT2D eigenvalue weighted by Crippen LogP contribution is 2.16. The monoisotopic (exact) mass is 401 g/mol. The van der Waals surface area contributed by atoms with Crippen molar-refractivity contribution < 1.29 is 4.39 Å². The molecule has 0 atom stereocenters. The summed E-state index contributed by atoms with van der Waals surface area (Å²) in [4.78, 5) is 3.83. The van der Waals surface area contributed by atoms with Crippen LogP contribution in [-0.2, 0) is 6.42 Å². The van der Waals surface area contributed by atoms with Gasteiger partial charge >= 0.3 is 0 Å². The van der Waals surface area contributed by atoms with E-state index in [4.69, 9.17) is 11.5 Å². The van der Waals surface area contributed by atoms with Gasteiger partial charge in [-0.3, -0.25) is 4.99 Å². The first-order chi connectivity index (χ1) is 7.09. The Hall–Kier alpha value is -0.370. The third-order valence-electron chi connectivity index (χ3n) is 1.91. The molecule has 0 aliphatic rings. The van der Waals surface area contributed by atoms with Gasteiger partial charge in [-0.2, -0.15) is 0 Å². The molecule has 0 amide bonds. The van der Waals surface area contributed by atoms with Crippen LogP contribution in [0.15, 0.2) is 27.7 Å². The van der Waals surface area contributed by atoms with Crippen LogP contribution in [0, 0.1) is 5.82 Å². The summed E-state index contributed by atoms with van der Waals surface area (Å²) in [6, 6.07) is 5.03. The minimum atomic E-state index is -0.200. The Morgan fingerprint density at radius 3 is 2.62 bits per heavy atom. The third-order valence-corrected chi connectivity index (χ3v) is 2.41. The van der Waals surface area contributed by atoms with Gasteiger partial charge in [-0.05, 0) is 30.5 Å². The second kappa shape index (κ2) is 7.83. The van der Waals surface area contributed by atoms with Gasteiger partial charge in [-0.25, -0.2) is 4.39 Å². The molecule has 0 spiro atoms. The number of hydrogen-bond acceptors (Lipinski definition) is 1. The lowest BCUT2D eigenvalue weighted by molar-refractivity contribution is 0.604. The first-order valence-electron chi connectivity index (χ1n) is 4.59. The average Bonchev–Trinajstić information content (AvgIpc) is 2.14. The van der Waals surface area contributed by atoms with Crippen molar-refractivity contribution in [1.29, 1.82) is 0 Å². The van der Waals surface area contributed by atoms with E-state index in [-0.39, 0.29) is 35.8 Å². The standard InChI is InChI=1S/C10H13BrFN3.HI/c11-8-4-3-7(9(12)6-8)2-1-5-15-10(13)14;/h3-4,6H,1-2,5H2,(H4,13,14,15);1H. The van der Waals surface area contributed by atoms with Crippen molar-refractivity contribution in [1.82, 2.24) is 0 Å². The number of aryl methyl sites for hydroxylation is 1. The molecule has 3 nitrogen and oxygen atoms in total. The molecular weight excluding hydrogens is 388 g/mol. The van der Waals surface area contributed by atoms with Crippen molar-refractivity contribution in [3.8, 4) is 0 Å². The van der Waals surface area contributed by atoms with E-state index in [1.807, 2.05) is 6.07 Å². The summed E-state index contributed by atoms with van der Waals surface area (Å²) in [6.07, 6.45) is 1.37. The molecule has 0 saturated heterocycles. The zero-order chi connectivity index (χ0) is 11.3. The van der Waals surface area contributed by atoms with Crippen LogP contribution < -0.4 is 11.5 Å². The Morgan fingerprint density at radius 1 is 1.38 bits per heavy atom. The Bertz CT molecular complexity index is 367. The Balaban J connectivity index is 0.00000225. The number of benzene rings is 1. The molecule has 0 aliphatic heterocycles. The molecular formula is C10H14BrFIN3. The van der Waals surface area contributed by atoms with E-state index in [0.717, 1.165) is 10.9 Å². The van der Waals surface area contributed by atoms with Crippen molar-refractivity contribution >= 4 is 45.9 Å². The molecule has 0 bridgehead atoms. The van der Waals surface area contributed by atoms with Crippen LogP contribution in [-0.4, -0.2) is 12.5 Å². The summed E-state index contributed by atoms with van der Waals surface area (Å²) in [5.41, 5.74) is 11.0. The first kappa shape index (κ1) is 15.6. The van der Waals surface area contributed by atoms with E-state index < -0.39 is 0 Å². The van der Waals surface area contributed by atoms with Crippen LogP contribution >= 0.6 is 39.9 Å². The summed E-state index contributed by atoms with van der Waals surface area (Å²) in [5.74, 6) is -0.125. The van der Waals surface area contributed by atoms with Crippen LogP contribution in [0.25, 0.3) is 0 Å². The maximum atomic E-state index is 13.3. The van der Waals surface area contributed by atoms with E-state index in [1.165, 1.54) is 6.07 Å². The van der Waals surface area contributed by atoms with Gasteiger partial charge in [-0.15, -0.1) is 24.0 Å². The minimum absolute atomic E-state index is 0. The fourth-order valence-electron chi connectivity index (χ4n) is 1.20. The van der Waals surface area contributed by atoms with Gasteiger partial charge in [0.05, 0.1) is 0 Å². The van der Waals surface area contributed by atoms with E-state index in [2.05, 4.69) is 20.9 Å². The number of nitrogens with zero attached hydrogens (tertiary/aromatic N) is 1. The summed E-state index contributed by atoms with van der Waals surface area (Å²) < 4.78 is 14.1. The van der Waals surface area contributed by atoms with Crippen LogP contribution in [0.1, 0.15) is 12.0 Å². The number of nitrogens with two attached hydrogens (primary N) is 2. The number of aliphatic imine (C=N–C) groups is 1. The zero-order valence-electron chi connectivity index (χ0n) is 8.62. The van der Waals surface area contributed by atoms with E-state index in [1.54, 1.807) is 6.07 Å². The summed E-state index contributed by atoms with van der Waals surface area (Å²) in [7, 11) is 0. The Labute approximate surface area is 120 Å². The molecule has 0 aliphatic carbocycles. The topological polar surface area (TPSA) is 64.4 Å². The van der Waals surface area contributed by atoms with Gasteiger partial charge in [0.25, 0.3) is 0 Å². The fourth-order valence-corrected chi connectivity index (χ4v) is 1.54. The molecule has 0 radical (unpaired) electrons. The van der Waals surface area contributed by atoms with E-state index in [0.29, 0.717) is 18.5 Å². The molecule has 6 heteroatoms. The highest BCUT2D eigenvalue weighted by molar-refractivity contribution is 14.0. The van der Waals surface area contributed by atoms with Crippen LogP contribution in [0.2, 0.25) is 0 Å². The lowest BCUT2D eigenvalue weighted by Gasteiger charge is -2.02. The van der Waals surface area contributed by atoms with Crippen LogP contribution in [0.3, 0.4) is 0 Å². The molecule has 0 aromatic heterocycles. The van der Waals surface area contributed by atoms with Crippen molar-refractivity contribution in [2.45, 2.75) is 12.8 Å². The summed E-state index contributed by atoms with van der Waals surface area (Å²) in [5, 5.41) is 0. The predicted molar refractivity (Wildman–Crippen MR) is 78.5 cm³/mol. The maximum absolute atomic E-state index is 13.3. The number of rotatable bonds is 4. The van der Waals surface area contributed by atoms with E-state index >= 15 is 0 Å². The van der Waals surface area contributed by atoms with Crippen molar-refractivity contribution in [3.63, 3.8) is 0 Å². The lowest BCUT2D eigenvalue weighted by atomic mass is 10.1.